The highest BCUT2D eigenvalue weighted by Gasteiger charge is 2.10. The summed E-state index contributed by atoms with van der Waals surface area (Å²) in [6.07, 6.45) is 4.29. The summed E-state index contributed by atoms with van der Waals surface area (Å²) in [4.78, 5) is 0. The second-order valence-corrected chi connectivity index (χ2v) is 5.28. The van der Waals surface area contributed by atoms with Crippen molar-refractivity contribution in [3.63, 3.8) is 0 Å². The van der Waals surface area contributed by atoms with Crippen LogP contribution in [0.15, 0.2) is 4.47 Å². The molecule has 0 fully saturated rings. The van der Waals surface area contributed by atoms with E-state index in [4.69, 9.17) is 11.6 Å². The molecule has 15 heavy (non-hydrogen) atoms. The van der Waals surface area contributed by atoms with E-state index >= 15 is 0 Å². The lowest BCUT2D eigenvalue weighted by atomic mass is 10.1. The van der Waals surface area contributed by atoms with Crippen LogP contribution in [-0.2, 0) is 13.5 Å². The number of aryl methyl sites for hydroxylation is 2. The molecular weight excluding hydrogens is 275 g/mol. The lowest BCUT2D eigenvalue weighted by molar-refractivity contribution is 0.632. The van der Waals surface area contributed by atoms with Crippen LogP contribution in [0.2, 0.25) is 0 Å². The fraction of sp³-hybridized carbons (Fsp3) is 0.727. The van der Waals surface area contributed by atoms with Gasteiger partial charge in [0.15, 0.2) is 0 Å². The number of nitrogens with zero attached hydrogens (tertiary/aromatic N) is 2. The van der Waals surface area contributed by atoms with Gasteiger partial charge in [-0.2, -0.15) is 5.10 Å². The van der Waals surface area contributed by atoms with E-state index in [9.17, 15) is 0 Å². The Morgan fingerprint density at radius 1 is 1.53 bits per heavy atom. The van der Waals surface area contributed by atoms with Gasteiger partial charge in [-0.05, 0) is 48.5 Å². The van der Waals surface area contributed by atoms with E-state index in [0.717, 1.165) is 35.8 Å². The zero-order valence-corrected chi connectivity index (χ0v) is 11.9. The van der Waals surface area contributed by atoms with Gasteiger partial charge in [-0.3, -0.25) is 4.68 Å². The van der Waals surface area contributed by atoms with Crippen LogP contribution < -0.4 is 0 Å². The molecule has 1 atom stereocenters. The lowest BCUT2D eigenvalue weighted by Gasteiger charge is -2.06. The maximum Gasteiger partial charge on any atom is 0.0738 e. The normalized spacial score (nSPS) is 13.1. The van der Waals surface area contributed by atoms with Gasteiger partial charge in [-0.15, -0.1) is 11.6 Å². The Bertz CT molecular complexity index is 323. The molecule has 0 spiro atoms. The third-order valence-corrected chi connectivity index (χ3v) is 4.19. The van der Waals surface area contributed by atoms with Gasteiger partial charge in [-0.25, -0.2) is 0 Å². The highest BCUT2D eigenvalue weighted by Crippen LogP contribution is 2.22. The molecule has 1 aromatic rings. The summed E-state index contributed by atoms with van der Waals surface area (Å²) in [6, 6.07) is 0. The summed E-state index contributed by atoms with van der Waals surface area (Å²) in [5, 5.41) is 4.68. The number of alkyl halides is 1. The molecule has 0 aliphatic rings. The SMILES string of the molecule is CCC(Cl)CCCc1c(Br)c(C)nn1C. The molecule has 0 N–H and O–H groups in total. The Labute approximate surface area is 105 Å². The van der Waals surface area contributed by atoms with Gasteiger partial charge < -0.3 is 0 Å². The van der Waals surface area contributed by atoms with E-state index in [1.807, 2.05) is 18.7 Å². The lowest BCUT2D eigenvalue weighted by Crippen LogP contribution is -2.01. The molecule has 0 aliphatic heterocycles. The zero-order chi connectivity index (χ0) is 11.4. The molecule has 0 saturated carbocycles. The minimum absolute atomic E-state index is 0.318. The summed E-state index contributed by atoms with van der Waals surface area (Å²) in [5.41, 5.74) is 2.33. The molecule has 1 unspecified atom stereocenters. The molecule has 0 aliphatic carbocycles. The first kappa shape index (κ1) is 13.0. The predicted octanol–water partition coefficient (Wildman–Crippen LogP) is 3.83. The third-order valence-electron chi connectivity index (χ3n) is 2.64. The van der Waals surface area contributed by atoms with E-state index in [0.29, 0.717) is 5.38 Å². The maximum atomic E-state index is 6.08. The summed E-state index contributed by atoms with van der Waals surface area (Å²) < 4.78 is 3.10. The molecule has 0 aromatic carbocycles. The van der Waals surface area contributed by atoms with Crippen molar-refractivity contribution in [3.05, 3.63) is 15.9 Å². The molecule has 86 valence electrons. The van der Waals surface area contributed by atoms with E-state index in [1.165, 1.54) is 5.69 Å². The second-order valence-electron chi connectivity index (χ2n) is 3.87. The second kappa shape index (κ2) is 5.90. The fourth-order valence-electron chi connectivity index (χ4n) is 1.65. The van der Waals surface area contributed by atoms with Crippen molar-refractivity contribution in [1.29, 1.82) is 0 Å². The standard InChI is InChI=1S/C11H18BrClN2/c1-4-9(13)6-5-7-10-11(12)8(2)14-15(10)3/h9H,4-7H2,1-3H3. The average Bonchev–Trinajstić information content (AvgIpc) is 2.44. The molecule has 0 bridgehead atoms. The Morgan fingerprint density at radius 2 is 2.20 bits per heavy atom. The smallest absolute Gasteiger partial charge is 0.0738 e. The molecule has 1 rings (SSSR count). The largest absolute Gasteiger partial charge is 0.271 e. The number of hydrogen-bond donors (Lipinski definition) is 0. The number of halogens is 2. The van der Waals surface area contributed by atoms with Crippen molar-refractivity contribution in [3.8, 4) is 0 Å². The Balaban J connectivity index is 2.50. The first-order valence-electron chi connectivity index (χ1n) is 5.38. The Hall–Kier alpha value is -0.0200. The molecule has 0 saturated heterocycles. The van der Waals surface area contributed by atoms with E-state index < -0.39 is 0 Å². The van der Waals surface area contributed by atoms with Crippen LogP contribution in [0.25, 0.3) is 0 Å². The van der Waals surface area contributed by atoms with Crippen molar-refractivity contribution in [2.45, 2.75) is 44.9 Å². The first-order chi connectivity index (χ1) is 7.06. The van der Waals surface area contributed by atoms with E-state index in [1.54, 1.807) is 0 Å². The topological polar surface area (TPSA) is 17.8 Å². The first-order valence-corrected chi connectivity index (χ1v) is 6.61. The van der Waals surface area contributed by atoms with Crippen molar-refractivity contribution in [2.75, 3.05) is 0 Å². The number of hydrogen-bond acceptors (Lipinski definition) is 1. The monoisotopic (exact) mass is 292 g/mol. The fourth-order valence-corrected chi connectivity index (χ4v) is 2.34. The van der Waals surface area contributed by atoms with Crippen LogP contribution in [0, 0.1) is 6.92 Å². The molecule has 1 aromatic heterocycles. The molecule has 0 amide bonds. The van der Waals surface area contributed by atoms with Crippen LogP contribution in [-0.4, -0.2) is 15.2 Å². The maximum absolute atomic E-state index is 6.08. The van der Waals surface area contributed by atoms with Crippen LogP contribution in [0.1, 0.15) is 37.6 Å². The van der Waals surface area contributed by atoms with Gasteiger partial charge in [0.05, 0.1) is 15.9 Å². The van der Waals surface area contributed by atoms with E-state index in [-0.39, 0.29) is 0 Å². The molecule has 0 radical (unpaired) electrons. The quantitative estimate of drug-likeness (QED) is 0.754. The average molecular weight is 294 g/mol. The number of aromatic nitrogens is 2. The molecule has 2 nitrogen and oxygen atoms in total. The van der Waals surface area contributed by atoms with Gasteiger partial charge in [0.1, 0.15) is 0 Å². The minimum Gasteiger partial charge on any atom is -0.271 e. The minimum atomic E-state index is 0.318. The van der Waals surface area contributed by atoms with Crippen molar-refractivity contribution < 1.29 is 0 Å². The van der Waals surface area contributed by atoms with Gasteiger partial charge >= 0.3 is 0 Å². The van der Waals surface area contributed by atoms with Crippen molar-refractivity contribution >= 4 is 27.5 Å². The zero-order valence-electron chi connectivity index (χ0n) is 9.56. The summed E-state index contributed by atoms with van der Waals surface area (Å²) >= 11 is 9.65. The number of rotatable bonds is 5. The Morgan fingerprint density at radius 3 is 2.67 bits per heavy atom. The van der Waals surface area contributed by atoms with Crippen LogP contribution in [0.3, 0.4) is 0 Å². The van der Waals surface area contributed by atoms with Gasteiger partial charge in [-0.1, -0.05) is 6.92 Å². The van der Waals surface area contributed by atoms with Crippen LogP contribution >= 0.6 is 27.5 Å². The highest BCUT2D eigenvalue weighted by atomic mass is 79.9. The van der Waals surface area contributed by atoms with E-state index in [2.05, 4.69) is 28.0 Å². The highest BCUT2D eigenvalue weighted by molar-refractivity contribution is 9.10. The molecule has 1 heterocycles. The summed E-state index contributed by atoms with van der Waals surface area (Å²) in [5.74, 6) is 0. The van der Waals surface area contributed by atoms with Gasteiger partial charge in [0.2, 0.25) is 0 Å². The Kier molecular flexibility index (Phi) is 5.13. The van der Waals surface area contributed by atoms with Crippen LogP contribution in [0.4, 0.5) is 0 Å². The predicted molar refractivity (Wildman–Crippen MR) is 68.5 cm³/mol. The molecule has 4 heteroatoms. The summed E-state index contributed by atoms with van der Waals surface area (Å²) in [6.45, 7) is 4.14. The van der Waals surface area contributed by atoms with Gasteiger partial charge in [0.25, 0.3) is 0 Å². The summed E-state index contributed by atoms with van der Waals surface area (Å²) in [7, 11) is 1.99. The molecular formula is C11H18BrClN2. The van der Waals surface area contributed by atoms with Gasteiger partial charge in [0, 0.05) is 12.4 Å². The third kappa shape index (κ3) is 3.49. The van der Waals surface area contributed by atoms with Crippen molar-refractivity contribution in [1.82, 2.24) is 9.78 Å². The van der Waals surface area contributed by atoms with Crippen LogP contribution in [0.5, 0.6) is 0 Å². The van der Waals surface area contributed by atoms with Crippen molar-refractivity contribution in [2.24, 2.45) is 7.05 Å².